The third-order valence-electron chi connectivity index (χ3n) is 5.89. The molecule has 0 bridgehead atoms. The molecule has 12 heteroatoms. The largest absolute Gasteiger partial charge is 0.464 e. The lowest BCUT2D eigenvalue weighted by Crippen LogP contribution is -2.50. The number of furan rings is 1. The van der Waals surface area contributed by atoms with Gasteiger partial charge in [-0.1, -0.05) is 11.3 Å². The first kappa shape index (κ1) is 29.9. The lowest BCUT2D eigenvalue weighted by Gasteiger charge is -2.36. The zero-order valence-corrected chi connectivity index (χ0v) is 25.3. The molecule has 220 valence electrons. The first-order valence-corrected chi connectivity index (χ1v) is 14.2. The molecule has 0 spiro atoms. The van der Waals surface area contributed by atoms with Gasteiger partial charge in [0.2, 0.25) is 0 Å². The van der Waals surface area contributed by atoms with Crippen LogP contribution in [-0.4, -0.2) is 65.4 Å². The maximum Gasteiger partial charge on any atom is 0.412 e. The van der Waals surface area contributed by atoms with E-state index in [1.807, 2.05) is 27.7 Å². The van der Waals surface area contributed by atoms with Gasteiger partial charge >= 0.3 is 12.2 Å². The van der Waals surface area contributed by atoms with E-state index in [0.29, 0.717) is 43.3 Å². The first-order valence-electron chi connectivity index (χ1n) is 13.4. The van der Waals surface area contributed by atoms with Gasteiger partial charge in [0.1, 0.15) is 22.0 Å². The molecule has 0 saturated carbocycles. The van der Waals surface area contributed by atoms with Crippen LogP contribution < -0.4 is 15.5 Å². The Balaban J connectivity index is 1.49. The van der Waals surface area contributed by atoms with Gasteiger partial charge in [-0.05, 0) is 78.8 Å². The summed E-state index contributed by atoms with van der Waals surface area (Å²) in [5.74, 6) is 0.197. The highest BCUT2D eigenvalue weighted by molar-refractivity contribution is 7.17. The molecule has 0 unspecified atom stereocenters. The van der Waals surface area contributed by atoms with E-state index in [1.165, 1.54) is 11.3 Å². The van der Waals surface area contributed by atoms with Gasteiger partial charge in [0.25, 0.3) is 5.91 Å². The Morgan fingerprint density at radius 3 is 2.22 bits per heavy atom. The number of carbonyl (C=O) groups excluding carboxylic acids is 3. The second-order valence-electron chi connectivity index (χ2n) is 11.7. The van der Waals surface area contributed by atoms with E-state index in [1.54, 1.807) is 62.3 Å². The van der Waals surface area contributed by atoms with Gasteiger partial charge in [0.05, 0.1) is 23.3 Å². The molecule has 4 rings (SSSR count). The van der Waals surface area contributed by atoms with Crippen LogP contribution >= 0.6 is 11.3 Å². The summed E-state index contributed by atoms with van der Waals surface area (Å²) in [5.41, 5.74) is 0.949. The van der Waals surface area contributed by atoms with Crippen LogP contribution in [0.25, 0.3) is 11.3 Å². The maximum absolute atomic E-state index is 13.4. The smallest absolute Gasteiger partial charge is 0.412 e. The second-order valence-corrected chi connectivity index (χ2v) is 12.7. The van der Waals surface area contributed by atoms with Crippen LogP contribution in [0.15, 0.2) is 41.0 Å². The van der Waals surface area contributed by atoms with Gasteiger partial charge < -0.3 is 29.0 Å². The van der Waals surface area contributed by atoms with Crippen molar-refractivity contribution in [2.24, 2.45) is 0 Å². The lowest BCUT2D eigenvalue weighted by molar-refractivity contribution is 0.0240. The van der Waals surface area contributed by atoms with Gasteiger partial charge in [-0.25, -0.2) is 14.6 Å². The Bertz CT molecular complexity index is 1400. The molecule has 2 aromatic heterocycles. The fraction of sp³-hybridized carbons (Fsp3) is 0.448. The number of nitrogens with one attached hydrogen (secondary N) is 2. The zero-order chi connectivity index (χ0) is 29.9. The Hall–Kier alpha value is -4.06. The molecule has 0 atom stereocenters. The third kappa shape index (κ3) is 8.00. The molecule has 3 amide bonds. The molecule has 1 aliphatic rings. The number of thiazole rings is 1. The molecule has 2 N–H and O–H groups in total. The quantitative estimate of drug-likeness (QED) is 0.355. The molecule has 0 radical (unpaired) electrons. The molecule has 3 heterocycles. The monoisotopic (exact) mass is 583 g/mol. The van der Waals surface area contributed by atoms with Crippen molar-refractivity contribution in [1.82, 2.24) is 9.88 Å². The van der Waals surface area contributed by atoms with E-state index in [0.717, 1.165) is 16.3 Å². The fourth-order valence-electron chi connectivity index (χ4n) is 4.14. The van der Waals surface area contributed by atoms with Crippen LogP contribution in [0.3, 0.4) is 0 Å². The van der Waals surface area contributed by atoms with Gasteiger partial charge in [0.15, 0.2) is 5.01 Å². The van der Waals surface area contributed by atoms with Crippen molar-refractivity contribution in [3.8, 4) is 11.3 Å². The summed E-state index contributed by atoms with van der Waals surface area (Å²) in [4.78, 5) is 46.7. The van der Waals surface area contributed by atoms with E-state index in [4.69, 9.17) is 13.9 Å². The SMILES string of the molecule is Cc1nc(C(=O)Nc2cc(-c3ccco3)ccc2NC(=O)OC(C)(C)C)sc1N1CCN(C(=O)OC(C)(C)C)CC1. The van der Waals surface area contributed by atoms with Crippen LogP contribution in [0, 0.1) is 6.92 Å². The summed E-state index contributed by atoms with van der Waals surface area (Å²) in [6, 6.07) is 8.76. The molecule has 11 nitrogen and oxygen atoms in total. The summed E-state index contributed by atoms with van der Waals surface area (Å²) in [5, 5.41) is 6.76. The summed E-state index contributed by atoms with van der Waals surface area (Å²) in [6.45, 7) is 14.9. The fourth-order valence-corrected chi connectivity index (χ4v) is 5.15. The Kier molecular flexibility index (Phi) is 8.62. The van der Waals surface area contributed by atoms with E-state index < -0.39 is 23.2 Å². The number of hydrogen-bond acceptors (Lipinski definition) is 9. The topological polar surface area (TPSA) is 126 Å². The van der Waals surface area contributed by atoms with Crippen LogP contribution in [0.1, 0.15) is 57.0 Å². The standard InChI is InChI=1S/C29H37N5O6S/c1-18-25(33-12-14-34(15-13-33)27(37)40-29(5,6)7)41-24(30-18)23(35)31-21-17-19(22-9-8-16-38-22)10-11-20(21)32-26(36)39-28(2,3)4/h8-11,16-17H,12-15H2,1-7H3,(H,31,35)(H,32,36). The summed E-state index contributed by atoms with van der Waals surface area (Å²) in [6.07, 6.45) is 0.593. The minimum Gasteiger partial charge on any atom is -0.464 e. The van der Waals surface area contributed by atoms with Crippen molar-refractivity contribution in [2.75, 3.05) is 41.7 Å². The lowest BCUT2D eigenvalue weighted by atomic mass is 10.1. The van der Waals surface area contributed by atoms with E-state index in [-0.39, 0.29) is 11.1 Å². The maximum atomic E-state index is 13.4. The third-order valence-corrected chi connectivity index (χ3v) is 7.11. The first-order chi connectivity index (χ1) is 19.2. The van der Waals surface area contributed by atoms with Crippen LogP contribution in [0.2, 0.25) is 0 Å². The number of amides is 3. The molecule has 0 aliphatic carbocycles. The van der Waals surface area contributed by atoms with Gasteiger partial charge in [-0.2, -0.15) is 0 Å². The minimum absolute atomic E-state index is 0.277. The van der Waals surface area contributed by atoms with Crippen molar-refractivity contribution in [2.45, 2.75) is 59.7 Å². The van der Waals surface area contributed by atoms with Crippen molar-refractivity contribution in [3.05, 3.63) is 47.3 Å². The average molecular weight is 584 g/mol. The molecular formula is C29H37N5O6S. The van der Waals surface area contributed by atoms with Crippen molar-refractivity contribution in [3.63, 3.8) is 0 Å². The van der Waals surface area contributed by atoms with Crippen molar-refractivity contribution < 1.29 is 28.3 Å². The van der Waals surface area contributed by atoms with E-state index in [2.05, 4.69) is 20.5 Å². The van der Waals surface area contributed by atoms with Gasteiger partial charge in [-0.3, -0.25) is 10.1 Å². The number of aryl methyl sites for hydroxylation is 1. The molecule has 3 aromatic rings. The predicted octanol–water partition coefficient (Wildman–Crippen LogP) is 6.37. The molecular weight excluding hydrogens is 546 g/mol. The number of piperazine rings is 1. The molecule has 1 fully saturated rings. The minimum atomic E-state index is -0.686. The number of ether oxygens (including phenoxy) is 2. The Morgan fingerprint density at radius 2 is 1.61 bits per heavy atom. The average Bonchev–Trinajstić information content (AvgIpc) is 3.53. The number of carbonyl (C=O) groups is 3. The second kappa shape index (κ2) is 11.8. The number of benzene rings is 1. The van der Waals surface area contributed by atoms with Crippen LogP contribution in [0.5, 0.6) is 0 Å². The highest BCUT2D eigenvalue weighted by Crippen LogP contribution is 2.33. The summed E-state index contributed by atoms with van der Waals surface area (Å²) < 4.78 is 16.4. The summed E-state index contributed by atoms with van der Waals surface area (Å²) >= 11 is 1.28. The zero-order valence-electron chi connectivity index (χ0n) is 24.5. The number of aromatic nitrogens is 1. The predicted molar refractivity (Wildman–Crippen MR) is 159 cm³/mol. The van der Waals surface area contributed by atoms with Crippen LogP contribution in [0.4, 0.5) is 26.0 Å². The van der Waals surface area contributed by atoms with E-state index in [9.17, 15) is 14.4 Å². The van der Waals surface area contributed by atoms with Gasteiger partial charge in [-0.15, -0.1) is 0 Å². The molecule has 41 heavy (non-hydrogen) atoms. The highest BCUT2D eigenvalue weighted by atomic mass is 32.1. The number of nitrogens with zero attached hydrogens (tertiary/aromatic N) is 3. The highest BCUT2D eigenvalue weighted by Gasteiger charge is 2.28. The summed E-state index contributed by atoms with van der Waals surface area (Å²) in [7, 11) is 0. The molecule has 1 aromatic carbocycles. The Labute approximate surface area is 243 Å². The van der Waals surface area contributed by atoms with Gasteiger partial charge in [0, 0.05) is 31.7 Å². The van der Waals surface area contributed by atoms with Crippen LogP contribution in [-0.2, 0) is 9.47 Å². The number of rotatable bonds is 5. The molecule has 1 aliphatic heterocycles. The Morgan fingerprint density at radius 1 is 0.927 bits per heavy atom. The van der Waals surface area contributed by atoms with E-state index >= 15 is 0 Å². The number of anilines is 3. The van der Waals surface area contributed by atoms with Crippen molar-refractivity contribution in [1.29, 1.82) is 0 Å². The number of hydrogen-bond donors (Lipinski definition) is 2. The normalized spacial score (nSPS) is 14.0. The van der Waals surface area contributed by atoms with Crippen molar-refractivity contribution >= 4 is 45.8 Å². The molecule has 1 saturated heterocycles.